The lowest BCUT2D eigenvalue weighted by Gasteiger charge is -2.24. The van der Waals surface area contributed by atoms with Gasteiger partial charge < -0.3 is 20.1 Å². The van der Waals surface area contributed by atoms with Gasteiger partial charge in [-0.25, -0.2) is 0 Å². The molecule has 0 aromatic heterocycles. The van der Waals surface area contributed by atoms with Gasteiger partial charge >= 0.3 is 0 Å². The summed E-state index contributed by atoms with van der Waals surface area (Å²) in [4.78, 5) is 0. The number of hydrogen-bond acceptors (Lipinski definition) is 4. The Morgan fingerprint density at radius 1 is 1.44 bits per heavy atom. The molecule has 1 fully saturated rings. The molecule has 1 aromatic rings. The van der Waals surface area contributed by atoms with Gasteiger partial charge in [0.05, 0.1) is 25.0 Å². The first-order valence-electron chi connectivity index (χ1n) is 6.68. The molecule has 1 saturated heterocycles. The molecule has 100 valence electrons. The Morgan fingerprint density at radius 2 is 2.33 bits per heavy atom. The maximum atomic E-state index is 5.71. The van der Waals surface area contributed by atoms with Crippen molar-refractivity contribution in [2.75, 3.05) is 38.2 Å². The van der Waals surface area contributed by atoms with Crippen molar-refractivity contribution in [1.29, 1.82) is 0 Å². The monoisotopic (exact) mass is 250 g/mol. The van der Waals surface area contributed by atoms with Gasteiger partial charge in [0, 0.05) is 19.6 Å². The van der Waals surface area contributed by atoms with Crippen molar-refractivity contribution in [2.24, 2.45) is 0 Å². The number of ether oxygens (including phenoxy) is 2. The third-order valence-electron chi connectivity index (χ3n) is 2.87. The van der Waals surface area contributed by atoms with Crippen molar-refractivity contribution in [3.8, 4) is 5.75 Å². The molecule has 1 heterocycles. The zero-order chi connectivity index (χ0) is 12.6. The van der Waals surface area contributed by atoms with Crippen molar-refractivity contribution in [2.45, 2.75) is 19.4 Å². The van der Waals surface area contributed by atoms with Crippen LogP contribution in [0.3, 0.4) is 0 Å². The second-order valence-electron chi connectivity index (χ2n) is 4.42. The van der Waals surface area contributed by atoms with Crippen LogP contribution >= 0.6 is 0 Å². The molecule has 4 nitrogen and oxygen atoms in total. The summed E-state index contributed by atoms with van der Waals surface area (Å²) >= 11 is 0. The minimum Gasteiger partial charge on any atom is -0.491 e. The maximum Gasteiger partial charge on any atom is 0.142 e. The molecular weight excluding hydrogens is 228 g/mol. The van der Waals surface area contributed by atoms with E-state index in [1.54, 1.807) is 0 Å². The number of benzene rings is 1. The molecule has 0 unspecified atom stereocenters. The van der Waals surface area contributed by atoms with Crippen LogP contribution in [0.2, 0.25) is 0 Å². The van der Waals surface area contributed by atoms with Crippen LogP contribution < -0.4 is 15.4 Å². The summed E-state index contributed by atoms with van der Waals surface area (Å²) in [5.74, 6) is 0.920. The number of para-hydroxylation sites is 2. The topological polar surface area (TPSA) is 42.5 Å². The van der Waals surface area contributed by atoms with Crippen molar-refractivity contribution >= 4 is 5.69 Å². The first-order chi connectivity index (χ1) is 8.90. The molecule has 1 aliphatic heterocycles. The fourth-order valence-corrected chi connectivity index (χ4v) is 1.93. The molecule has 0 radical (unpaired) electrons. The summed E-state index contributed by atoms with van der Waals surface area (Å²) in [7, 11) is 0. The summed E-state index contributed by atoms with van der Waals surface area (Å²) in [6, 6.07) is 8.05. The molecule has 0 bridgehead atoms. The van der Waals surface area contributed by atoms with Crippen molar-refractivity contribution in [3.05, 3.63) is 24.3 Å². The predicted octanol–water partition coefficient (Wildman–Crippen LogP) is 1.88. The van der Waals surface area contributed by atoms with Crippen LogP contribution in [0.4, 0.5) is 5.69 Å². The zero-order valence-electron chi connectivity index (χ0n) is 10.9. The molecule has 1 aliphatic rings. The highest BCUT2D eigenvalue weighted by atomic mass is 16.5. The Balaban J connectivity index is 1.87. The van der Waals surface area contributed by atoms with E-state index in [-0.39, 0.29) is 6.10 Å². The lowest BCUT2D eigenvalue weighted by molar-refractivity contribution is 0.0372. The van der Waals surface area contributed by atoms with Gasteiger partial charge in [-0.05, 0) is 18.6 Å². The Bertz CT molecular complexity index is 351. The molecule has 1 aromatic carbocycles. The molecule has 4 heteroatoms. The normalized spacial score (nSPS) is 19.5. The summed E-state index contributed by atoms with van der Waals surface area (Å²) in [5, 5.41) is 6.73. The minimum atomic E-state index is 0.234. The average Bonchev–Trinajstić information content (AvgIpc) is 2.45. The maximum absolute atomic E-state index is 5.71. The molecule has 0 spiro atoms. The van der Waals surface area contributed by atoms with E-state index in [4.69, 9.17) is 9.47 Å². The van der Waals surface area contributed by atoms with E-state index in [2.05, 4.69) is 17.6 Å². The van der Waals surface area contributed by atoms with Crippen LogP contribution in [0.25, 0.3) is 0 Å². The van der Waals surface area contributed by atoms with E-state index in [1.807, 2.05) is 24.3 Å². The van der Waals surface area contributed by atoms with Crippen LogP contribution in [-0.2, 0) is 4.74 Å². The third-order valence-corrected chi connectivity index (χ3v) is 2.87. The Hall–Kier alpha value is -1.26. The van der Waals surface area contributed by atoms with Crippen LogP contribution in [0.1, 0.15) is 13.3 Å². The van der Waals surface area contributed by atoms with Gasteiger partial charge in [0.2, 0.25) is 0 Å². The Morgan fingerprint density at radius 3 is 3.11 bits per heavy atom. The van der Waals surface area contributed by atoms with Gasteiger partial charge in [-0.15, -0.1) is 0 Å². The van der Waals surface area contributed by atoms with Gasteiger partial charge in [-0.1, -0.05) is 19.1 Å². The molecule has 0 saturated carbocycles. The van der Waals surface area contributed by atoms with E-state index >= 15 is 0 Å². The number of morpholine rings is 1. The lowest BCUT2D eigenvalue weighted by Crippen LogP contribution is -2.42. The molecule has 18 heavy (non-hydrogen) atoms. The first-order valence-corrected chi connectivity index (χ1v) is 6.68. The fourth-order valence-electron chi connectivity index (χ4n) is 1.93. The van der Waals surface area contributed by atoms with Gasteiger partial charge in [-0.2, -0.15) is 0 Å². The summed E-state index contributed by atoms with van der Waals surface area (Å²) in [6.07, 6.45) is 1.25. The highest BCUT2D eigenvalue weighted by molar-refractivity contribution is 5.56. The summed E-state index contributed by atoms with van der Waals surface area (Å²) in [5.41, 5.74) is 1.04. The fraction of sp³-hybridized carbons (Fsp3) is 0.571. The number of hydrogen-bond donors (Lipinski definition) is 2. The highest BCUT2D eigenvalue weighted by Crippen LogP contribution is 2.23. The van der Waals surface area contributed by atoms with Crippen molar-refractivity contribution in [3.63, 3.8) is 0 Å². The van der Waals surface area contributed by atoms with Crippen molar-refractivity contribution < 1.29 is 9.47 Å². The molecular formula is C14H22N2O2. The second-order valence-corrected chi connectivity index (χ2v) is 4.42. The van der Waals surface area contributed by atoms with Crippen LogP contribution in [-0.4, -0.2) is 39.0 Å². The van der Waals surface area contributed by atoms with Gasteiger partial charge in [-0.3, -0.25) is 0 Å². The molecule has 0 aliphatic carbocycles. The SMILES string of the molecule is CCCOc1ccccc1NC[C@@H]1CNCCO1. The van der Waals surface area contributed by atoms with E-state index in [1.165, 1.54) is 0 Å². The van der Waals surface area contributed by atoms with Crippen LogP contribution in [0.5, 0.6) is 5.75 Å². The number of anilines is 1. The Labute approximate surface area is 109 Å². The molecule has 2 N–H and O–H groups in total. The van der Waals surface area contributed by atoms with Crippen LogP contribution in [0, 0.1) is 0 Å². The molecule has 0 amide bonds. The van der Waals surface area contributed by atoms with E-state index < -0.39 is 0 Å². The predicted molar refractivity (Wildman–Crippen MR) is 73.3 cm³/mol. The third kappa shape index (κ3) is 3.89. The first kappa shape index (κ1) is 13.2. The second kappa shape index (κ2) is 7.24. The smallest absolute Gasteiger partial charge is 0.142 e. The number of nitrogens with one attached hydrogen (secondary N) is 2. The lowest BCUT2D eigenvalue weighted by atomic mass is 10.2. The quantitative estimate of drug-likeness (QED) is 0.809. The van der Waals surface area contributed by atoms with Gasteiger partial charge in [0.1, 0.15) is 5.75 Å². The minimum absolute atomic E-state index is 0.234. The van der Waals surface area contributed by atoms with E-state index in [0.29, 0.717) is 0 Å². The largest absolute Gasteiger partial charge is 0.491 e. The van der Waals surface area contributed by atoms with Gasteiger partial charge in [0.15, 0.2) is 0 Å². The van der Waals surface area contributed by atoms with E-state index in [9.17, 15) is 0 Å². The Kier molecular flexibility index (Phi) is 5.30. The van der Waals surface area contributed by atoms with E-state index in [0.717, 1.165) is 50.7 Å². The standard InChI is InChI=1S/C14H22N2O2/c1-2-8-18-14-6-4-3-5-13(14)16-11-12-10-15-7-9-17-12/h3-6,12,15-16H,2,7-11H2,1H3/t12-/m0/s1. The van der Waals surface area contributed by atoms with Gasteiger partial charge in [0.25, 0.3) is 0 Å². The molecule has 2 rings (SSSR count). The average molecular weight is 250 g/mol. The summed E-state index contributed by atoms with van der Waals surface area (Å²) in [6.45, 7) is 6.31. The van der Waals surface area contributed by atoms with Crippen molar-refractivity contribution in [1.82, 2.24) is 5.32 Å². The van der Waals surface area contributed by atoms with Crippen LogP contribution in [0.15, 0.2) is 24.3 Å². The highest BCUT2D eigenvalue weighted by Gasteiger charge is 2.13. The summed E-state index contributed by atoms with van der Waals surface area (Å²) < 4.78 is 11.4. The zero-order valence-corrected chi connectivity index (χ0v) is 10.9. The molecule has 1 atom stereocenters. The number of rotatable bonds is 6.